The molecule has 0 aliphatic heterocycles. The third-order valence-corrected chi connectivity index (χ3v) is 2.77. The second kappa shape index (κ2) is 8.50. The molecule has 0 heterocycles. The Labute approximate surface area is 97.8 Å². The van der Waals surface area contributed by atoms with Gasteiger partial charge in [0.1, 0.15) is 0 Å². The Kier molecular flexibility index (Phi) is 8.15. The number of methoxy groups -OCH3 is 1. The number of ether oxygens (including phenoxy) is 1. The highest BCUT2D eigenvalue weighted by molar-refractivity contribution is 5.81. The van der Waals surface area contributed by atoms with Gasteiger partial charge in [-0.2, -0.15) is 0 Å². The number of aliphatic hydroxyl groups excluding tert-OH is 1. The van der Waals surface area contributed by atoms with Crippen LogP contribution in [0.5, 0.6) is 0 Å². The summed E-state index contributed by atoms with van der Waals surface area (Å²) in [6, 6.07) is -0.246. The van der Waals surface area contributed by atoms with Crippen molar-refractivity contribution in [2.45, 2.75) is 32.4 Å². The zero-order valence-corrected chi connectivity index (χ0v) is 10.7. The molecule has 0 spiro atoms. The summed E-state index contributed by atoms with van der Waals surface area (Å²) < 4.78 is 4.89. The third kappa shape index (κ3) is 5.44. The molecular formula is C11H24N2O3. The molecule has 0 radical (unpaired) electrons. The topological polar surface area (TPSA) is 61.8 Å². The van der Waals surface area contributed by atoms with Gasteiger partial charge >= 0.3 is 0 Å². The maximum atomic E-state index is 11.7. The van der Waals surface area contributed by atoms with Gasteiger partial charge in [-0.25, -0.2) is 0 Å². The third-order valence-electron chi connectivity index (χ3n) is 2.77. The molecule has 1 amide bonds. The Morgan fingerprint density at radius 3 is 2.62 bits per heavy atom. The van der Waals surface area contributed by atoms with Gasteiger partial charge in [0.2, 0.25) is 5.91 Å². The van der Waals surface area contributed by atoms with E-state index in [0.29, 0.717) is 13.2 Å². The van der Waals surface area contributed by atoms with Crippen LogP contribution in [0.15, 0.2) is 0 Å². The van der Waals surface area contributed by atoms with E-state index in [1.54, 1.807) is 7.11 Å². The molecule has 0 fully saturated rings. The molecule has 5 heteroatoms. The number of aliphatic hydroxyl groups is 1. The molecular weight excluding hydrogens is 208 g/mol. The second-order valence-corrected chi connectivity index (χ2v) is 4.01. The summed E-state index contributed by atoms with van der Waals surface area (Å²) >= 11 is 0. The Morgan fingerprint density at radius 2 is 2.12 bits per heavy atom. The van der Waals surface area contributed by atoms with Crippen LogP contribution >= 0.6 is 0 Å². The minimum absolute atomic E-state index is 0.0141. The summed E-state index contributed by atoms with van der Waals surface area (Å²) in [4.78, 5) is 13.5. The first-order valence-corrected chi connectivity index (χ1v) is 5.64. The largest absolute Gasteiger partial charge is 0.395 e. The molecule has 0 aromatic rings. The first-order valence-electron chi connectivity index (χ1n) is 5.64. The van der Waals surface area contributed by atoms with Gasteiger partial charge < -0.3 is 15.2 Å². The minimum Gasteiger partial charge on any atom is -0.395 e. The first kappa shape index (κ1) is 15.3. The first-order chi connectivity index (χ1) is 7.54. The molecule has 0 saturated carbocycles. The van der Waals surface area contributed by atoms with Crippen LogP contribution in [0, 0.1) is 0 Å². The zero-order valence-electron chi connectivity index (χ0n) is 10.7. The van der Waals surface area contributed by atoms with Gasteiger partial charge in [-0.3, -0.25) is 9.69 Å². The normalized spacial score (nSPS) is 14.9. The van der Waals surface area contributed by atoms with Gasteiger partial charge in [0.25, 0.3) is 0 Å². The van der Waals surface area contributed by atoms with Gasteiger partial charge in [-0.15, -0.1) is 0 Å². The van der Waals surface area contributed by atoms with Crippen LogP contribution in [0.1, 0.15) is 20.3 Å². The predicted octanol–water partition coefficient (Wildman–Crippen LogP) is -0.160. The molecule has 0 bridgehead atoms. The molecule has 2 N–H and O–H groups in total. The molecule has 0 aromatic heterocycles. The van der Waals surface area contributed by atoms with E-state index in [2.05, 4.69) is 5.32 Å². The minimum atomic E-state index is -0.232. The molecule has 0 aliphatic carbocycles. The number of hydrogen-bond donors (Lipinski definition) is 2. The molecule has 2 unspecified atom stereocenters. The van der Waals surface area contributed by atoms with E-state index in [4.69, 9.17) is 9.84 Å². The van der Waals surface area contributed by atoms with Crippen molar-refractivity contribution in [2.75, 3.05) is 33.9 Å². The lowest BCUT2D eigenvalue weighted by Crippen LogP contribution is -2.48. The number of nitrogens with one attached hydrogen (secondary N) is 1. The van der Waals surface area contributed by atoms with Gasteiger partial charge in [0.05, 0.1) is 12.6 Å². The Balaban J connectivity index is 3.88. The van der Waals surface area contributed by atoms with Crippen molar-refractivity contribution in [2.24, 2.45) is 0 Å². The molecule has 0 aromatic carbocycles. The Bertz CT molecular complexity index is 200. The van der Waals surface area contributed by atoms with Crippen LogP contribution in [-0.4, -0.2) is 61.9 Å². The lowest BCUT2D eigenvalue weighted by atomic mass is 10.2. The molecule has 5 nitrogen and oxygen atoms in total. The molecule has 16 heavy (non-hydrogen) atoms. The zero-order chi connectivity index (χ0) is 12.6. The van der Waals surface area contributed by atoms with Crippen molar-refractivity contribution in [3.63, 3.8) is 0 Å². The van der Waals surface area contributed by atoms with E-state index in [1.165, 1.54) is 0 Å². The summed E-state index contributed by atoms with van der Waals surface area (Å²) in [7, 11) is 3.47. The van der Waals surface area contributed by atoms with Crippen LogP contribution in [0.2, 0.25) is 0 Å². The molecule has 0 rings (SSSR count). The smallest absolute Gasteiger partial charge is 0.237 e. The van der Waals surface area contributed by atoms with Crippen molar-refractivity contribution in [3.8, 4) is 0 Å². The summed E-state index contributed by atoms with van der Waals surface area (Å²) in [5, 5.41) is 11.8. The van der Waals surface area contributed by atoms with Crippen LogP contribution in [0.25, 0.3) is 0 Å². The molecule has 2 atom stereocenters. The van der Waals surface area contributed by atoms with Crippen molar-refractivity contribution >= 4 is 5.91 Å². The van der Waals surface area contributed by atoms with Crippen LogP contribution in [-0.2, 0) is 9.53 Å². The number of carbonyl (C=O) groups is 1. The van der Waals surface area contributed by atoms with Crippen molar-refractivity contribution in [1.29, 1.82) is 0 Å². The number of nitrogens with zero attached hydrogens (tertiary/aromatic N) is 1. The van der Waals surface area contributed by atoms with Gasteiger partial charge in [0.15, 0.2) is 0 Å². The monoisotopic (exact) mass is 232 g/mol. The predicted molar refractivity (Wildman–Crippen MR) is 63.3 cm³/mol. The number of hydrogen-bond acceptors (Lipinski definition) is 4. The van der Waals surface area contributed by atoms with E-state index in [9.17, 15) is 4.79 Å². The van der Waals surface area contributed by atoms with E-state index in [1.807, 2.05) is 25.8 Å². The van der Waals surface area contributed by atoms with Crippen molar-refractivity contribution in [1.82, 2.24) is 10.2 Å². The fourth-order valence-electron chi connectivity index (χ4n) is 1.27. The van der Waals surface area contributed by atoms with Crippen LogP contribution < -0.4 is 5.32 Å². The molecule has 0 aliphatic rings. The molecule has 0 saturated heterocycles. The van der Waals surface area contributed by atoms with E-state index >= 15 is 0 Å². The summed E-state index contributed by atoms with van der Waals surface area (Å²) in [6.45, 7) is 5.04. The number of carbonyl (C=O) groups excluding carboxylic acids is 1. The highest BCUT2D eigenvalue weighted by Gasteiger charge is 2.21. The Morgan fingerprint density at radius 1 is 1.50 bits per heavy atom. The average Bonchev–Trinajstić information content (AvgIpc) is 2.31. The van der Waals surface area contributed by atoms with E-state index in [0.717, 1.165) is 6.42 Å². The number of rotatable bonds is 8. The lowest BCUT2D eigenvalue weighted by molar-refractivity contribution is -0.126. The summed E-state index contributed by atoms with van der Waals surface area (Å²) in [5.74, 6) is -0.0149. The second-order valence-electron chi connectivity index (χ2n) is 4.01. The fraction of sp³-hybridized carbons (Fsp3) is 0.909. The van der Waals surface area contributed by atoms with Crippen molar-refractivity contribution < 1.29 is 14.6 Å². The van der Waals surface area contributed by atoms with E-state index in [-0.39, 0.29) is 24.6 Å². The fourth-order valence-corrected chi connectivity index (χ4v) is 1.27. The van der Waals surface area contributed by atoms with Crippen LogP contribution in [0.3, 0.4) is 0 Å². The average molecular weight is 232 g/mol. The standard InChI is InChI=1S/C11H24N2O3/c1-9(8-14)13(3)10(2)11(15)12-6-5-7-16-4/h9-10,14H,5-8H2,1-4H3,(H,12,15). The highest BCUT2D eigenvalue weighted by atomic mass is 16.5. The summed E-state index contributed by atoms with van der Waals surface area (Å²) in [5.41, 5.74) is 0. The van der Waals surface area contributed by atoms with Gasteiger partial charge in [-0.05, 0) is 27.3 Å². The van der Waals surface area contributed by atoms with Gasteiger partial charge in [-0.1, -0.05) is 0 Å². The maximum absolute atomic E-state index is 11.7. The van der Waals surface area contributed by atoms with E-state index < -0.39 is 0 Å². The lowest BCUT2D eigenvalue weighted by Gasteiger charge is -2.28. The van der Waals surface area contributed by atoms with Crippen molar-refractivity contribution in [3.05, 3.63) is 0 Å². The Hall–Kier alpha value is -0.650. The number of likely N-dealkylation sites (N-methyl/N-ethyl adjacent to an activating group) is 1. The van der Waals surface area contributed by atoms with Crippen LogP contribution in [0.4, 0.5) is 0 Å². The highest BCUT2D eigenvalue weighted by Crippen LogP contribution is 2.01. The SMILES string of the molecule is COCCCNC(=O)C(C)N(C)C(C)CO. The molecule has 96 valence electrons. The maximum Gasteiger partial charge on any atom is 0.237 e. The summed E-state index contributed by atoms with van der Waals surface area (Å²) in [6.07, 6.45) is 0.814. The quantitative estimate of drug-likeness (QED) is 0.571. The van der Waals surface area contributed by atoms with Gasteiger partial charge in [0, 0.05) is 26.3 Å². The number of amides is 1.